The molecule has 1 saturated heterocycles. The molecule has 1 N–H and O–H groups in total. The maximum atomic E-state index is 13.5. The predicted molar refractivity (Wildman–Crippen MR) is 119 cm³/mol. The first-order chi connectivity index (χ1) is 15.2. The van der Waals surface area contributed by atoms with Crippen molar-refractivity contribution < 1.29 is 13.9 Å². The van der Waals surface area contributed by atoms with Crippen molar-refractivity contribution in [1.29, 1.82) is 0 Å². The van der Waals surface area contributed by atoms with Crippen LogP contribution in [0.15, 0.2) is 84.9 Å². The monoisotopic (exact) mass is 418 g/mol. The number of hydrogen-bond donors (Lipinski definition) is 1. The number of benzene rings is 3. The quantitative estimate of drug-likeness (QED) is 0.627. The standard InChI is InChI=1S/C26H27FN2O2/c27-23-13-11-20(12-14-23)24(29-15-17-31-18-16-29)19-28-26(30)25(21-7-3-1-4-8-21)22-9-5-2-6-10-22/h1-14,24-25H,15-19H2,(H,28,30). The molecule has 31 heavy (non-hydrogen) atoms. The highest BCUT2D eigenvalue weighted by atomic mass is 19.1. The number of rotatable bonds is 7. The summed E-state index contributed by atoms with van der Waals surface area (Å²) in [5.41, 5.74) is 2.89. The number of carbonyl (C=O) groups excluding carboxylic acids is 1. The number of nitrogens with one attached hydrogen (secondary N) is 1. The van der Waals surface area contributed by atoms with Gasteiger partial charge in [0.05, 0.1) is 25.2 Å². The van der Waals surface area contributed by atoms with E-state index in [4.69, 9.17) is 4.74 Å². The van der Waals surface area contributed by atoms with Crippen LogP contribution in [-0.4, -0.2) is 43.7 Å². The van der Waals surface area contributed by atoms with Crippen LogP contribution < -0.4 is 5.32 Å². The summed E-state index contributed by atoms with van der Waals surface area (Å²) in [6, 6.07) is 26.1. The van der Waals surface area contributed by atoms with E-state index >= 15 is 0 Å². The van der Waals surface area contributed by atoms with E-state index in [9.17, 15) is 9.18 Å². The van der Waals surface area contributed by atoms with Crippen molar-refractivity contribution >= 4 is 5.91 Å². The Morgan fingerprint density at radius 2 is 1.39 bits per heavy atom. The number of morpholine rings is 1. The zero-order valence-electron chi connectivity index (χ0n) is 17.4. The molecule has 4 nitrogen and oxygen atoms in total. The van der Waals surface area contributed by atoms with Gasteiger partial charge in [0.1, 0.15) is 5.82 Å². The number of nitrogens with zero attached hydrogens (tertiary/aromatic N) is 1. The second kappa shape index (κ2) is 10.3. The Kier molecular flexibility index (Phi) is 7.07. The molecule has 1 fully saturated rings. The molecule has 0 bridgehead atoms. The molecule has 1 aliphatic rings. The molecule has 3 aromatic carbocycles. The lowest BCUT2D eigenvalue weighted by Crippen LogP contribution is -2.44. The van der Waals surface area contributed by atoms with Crippen molar-refractivity contribution in [1.82, 2.24) is 10.2 Å². The Bertz CT molecular complexity index is 918. The van der Waals surface area contributed by atoms with Crippen molar-refractivity contribution in [3.63, 3.8) is 0 Å². The van der Waals surface area contributed by atoms with Crippen LogP contribution in [0.25, 0.3) is 0 Å². The van der Waals surface area contributed by atoms with Crippen molar-refractivity contribution in [2.75, 3.05) is 32.8 Å². The summed E-state index contributed by atoms with van der Waals surface area (Å²) >= 11 is 0. The number of halogens is 1. The molecule has 4 rings (SSSR count). The molecule has 0 aliphatic carbocycles. The van der Waals surface area contributed by atoms with Gasteiger partial charge in [-0.25, -0.2) is 4.39 Å². The molecule has 0 spiro atoms. The molecular formula is C26H27FN2O2. The Morgan fingerprint density at radius 1 is 0.839 bits per heavy atom. The first kappa shape index (κ1) is 21.2. The Balaban J connectivity index is 1.55. The van der Waals surface area contributed by atoms with Crippen LogP contribution >= 0.6 is 0 Å². The minimum Gasteiger partial charge on any atom is -0.379 e. The lowest BCUT2D eigenvalue weighted by molar-refractivity contribution is -0.122. The molecule has 160 valence electrons. The maximum absolute atomic E-state index is 13.5. The van der Waals surface area contributed by atoms with Crippen LogP contribution in [-0.2, 0) is 9.53 Å². The van der Waals surface area contributed by atoms with Gasteiger partial charge in [0.2, 0.25) is 5.91 Å². The van der Waals surface area contributed by atoms with E-state index < -0.39 is 0 Å². The molecule has 1 amide bonds. The Morgan fingerprint density at radius 3 is 1.94 bits per heavy atom. The first-order valence-corrected chi connectivity index (χ1v) is 10.7. The first-order valence-electron chi connectivity index (χ1n) is 10.7. The van der Waals surface area contributed by atoms with Crippen LogP contribution in [0.3, 0.4) is 0 Å². The fourth-order valence-electron chi connectivity index (χ4n) is 4.12. The number of carbonyl (C=O) groups is 1. The average Bonchev–Trinajstić information content (AvgIpc) is 2.83. The fraction of sp³-hybridized carbons (Fsp3) is 0.269. The van der Waals surface area contributed by atoms with Crippen molar-refractivity contribution in [3.8, 4) is 0 Å². The SMILES string of the molecule is O=C(NCC(c1ccc(F)cc1)N1CCOCC1)C(c1ccccc1)c1ccccc1. The molecule has 1 aliphatic heterocycles. The summed E-state index contributed by atoms with van der Waals surface area (Å²) in [6.07, 6.45) is 0. The highest BCUT2D eigenvalue weighted by Crippen LogP contribution is 2.26. The van der Waals surface area contributed by atoms with Crippen LogP contribution in [0.5, 0.6) is 0 Å². The van der Waals surface area contributed by atoms with Gasteiger partial charge >= 0.3 is 0 Å². The van der Waals surface area contributed by atoms with E-state index in [1.165, 1.54) is 12.1 Å². The summed E-state index contributed by atoms with van der Waals surface area (Å²) in [5, 5.41) is 3.18. The number of hydrogen-bond acceptors (Lipinski definition) is 3. The maximum Gasteiger partial charge on any atom is 0.232 e. The van der Waals surface area contributed by atoms with Gasteiger partial charge in [0.25, 0.3) is 0 Å². The predicted octanol–water partition coefficient (Wildman–Crippen LogP) is 4.15. The average molecular weight is 419 g/mol. The Labute approximate surface area is 182 Å². The van der Waals surface area contributed by atoms with E-state index in [0.29, 0.717) is 19.8 Å². The van der Waals surface area contributed by atoms with Crippen molar-refractivity contribution in [3.05, 3.63) is 107 Å². The zero-order chi connectivity index (χ0) is 21.5. The number of amides is 1. The highest BCUT2D eigenvalue weighted by molar-refractivity contribution is 5.87. The van der Waals surface area contributed by atoms with Crippen molar-refractivity contribution in [2.24, 2.45) is 0 Å². The third-order valence-electron chi connectivity index (χ3n) is 5.74. The molecule has 0 radical (unpaired) electrons. The van der Waals surface area contributed by atoms with E-state index in [-0.39, 0.29) is 23.7 Å². The summed E-state index contributed by atoms with van der Waals surface area (Å²) in [7, 11) is 0. The van der Waals surface area contributed by atoms with Gasteiger partial charge < -0.3 is 10.1 Å². The van der Waals surface area contributed by atoms with Crippen LogP contribution in [0.2, 0.25) is 0 Å². The lowest BCUT2D eigenvalue weighted by atomic mass is 9.90. The fourth-order valence-corrected chi connectivity index (χ4v) is 4.12. The van der Waals surface area contributed by atoms with Crippen LogP contribution in [0, 0.1) is 5.82 Å². The molecule has 5 heteroatoms. The molecule has 1 heterocycles. The molecule has 1 unspecified atom stereocenters. The minimum atomic E-state index is -0.388. The van der Waals surface area contributed by atoms with Gasteiger partial charge in [-0.05, 0) is 28.8 Å². The summed E-state index contributed by atoms with van der Waals surface area (Å²) in [6.45, 7) is 3.31. The third kappa shape index (κ3) is 5.37. The normalized spacial score (nSPS) is 15.5. The van der Waals surface area contributed by atoms with E-state index in [1.54, 1.807) is 12.1 Å². The second-order valence-electron chi connectivity index (χ2n) is 7.72. The molecule has 0 aromatic heterocycles. The second-order valence-corrected chi connectivity index (χ2v) is 7.72. The van der Waals surface area contributed by atoms with Gasteiger partial charge in [-0.2, -0.15) is 0 Å². The van der Waals surface area contributed by atoms with Gasteiger partial charge in [0.15, 0.2) is 0 Å². The van der Waals surface area contributed by atoms with Gasteiger partial charge in [0, 0.05) is 19.6 Å². The molecular weight excluding hydrogens is 391 g/mol. The van der Waals surface area contributed by atoms with Gasteiger partial charge in [-0.1, -0.05) is 72.8 Å². The largest absolute Gasteiger partial charge is 0.379 e. The van der Waals surface area contributed by atoms with Gasteiger partial charge in [-0.3, -0.25) is 9.69 Å². The van der Waals surface area contributed by atoms with E-state index in [2.05, 4.69) is 10.2 Å². The summed E-state index contributed by atoms with van der Waals surface area (Å²) in [4.78, 5) is 15.7. The van der Waals surface area contributed by atoms with Crippen LogP contribution in [0.4, 0.5) is 4.39 Å². The molecule has 0 saturated carbocycles. The summed E-state index contributed by atoms with van der Waals surface area (Å²) in [5.74, 6) is -0.694. The van der Waals surface area contributed by atoms with Gasteiger partial charge in [-0.15, -0.1) is 0 Å². The zero-order valence-corrected chi connectivity index (χ0v) is 17.4. The molecule has 3 aromatic rings. The Hall–Kier alpha value is -3.02. The van der Waals surface area contributed by atoms with E-state index in [1.807, 2.05) is 60.7 Å². The highest BCUT2D eigenvalue weighted by Gasteiger charge is 2.26. The molecule has 1 atom stereocenters. The topological polar surface area (TPSA) is 41.6 Å². The lowest BCUT2D eigenvalue weighted by Gasteiger charge is -2.35. The minimum absolute atomic E-state index is 0.0411. The number of ether oxygens (including phenoxy) is 1. The smallest absolute Gasteiger partial charge is 0.232 e. The third-order valence-corrected chi connectivity index (χ3v) is 5.74. The van der Waals surface area contributed by atoms with Crippen molar-refractivity contribution in [2.45, 2.75) is 12.0 Å². The van der Waals surface area contributed by atoms with Crippen LogP contribution in [0.1, 0.15) is 28.7 Å². The van der Waals surface area contributed by atoms with E-state index in [0.717, 1.165) is 29.8 Å². The summed E-state index contributed by atoms with van der Waals surface area (Å²) < 4.78 is 19.0.